The molecule has 0 heterocycles. The third-order valence-electron chi connectivity index (χ3n) is 2.53. The molecule has 0 fully saturated rings. The van der Waals surface area contributed by atoms with Gasteiger partial charge in [0, 0.05) is 6.54 Å². The van der Waals surface area contributed by atoms with Gasteiger partial charge in [0.05, 0.1) is 5.41 Å². The molecule has 0 aliphatic rings. The van der Waals surface area contributed by atoms with Gasteiger partial charge in [-0.25, -0.2) is 0 Å². The lowest BCUT2D eigenvalue weighted by molar-refractivity contribution is -0.149. The lowest BCUT2D eigenvalue weighted by atomic mass is 9.80. The molecule has 12 heavy (non-hydrogen) atoms. The topological polar surface area (TPSA) is 63.3 Å². The van der Waals surface area contributed by atoms with Crippen LogP contribution in [0.3, 0.4) is 0 Å². The molecule has 0 saturated carbocycles. The van der Waals surface area contributed by atoms with Gasteiger partial charge in [-0.1, -0.05) is 26.7 Å². The standard InChI is InChI=1S/C9H19NO2/c1-3-5-6-9(4-2,7-10)8(11)12/h3-7,10H2,1-2H3,(H,11,12). The number of hydrogen-bond acceptors (Lipinski definition) is 2. The highest BCUT2D eigenvalue weighted by atomic mass is 16.4. The second-order valence-corrected chi connectivity index (χ2v) is 3.25. The number of aliphatic carboxylic acids is 1. The molecular formula is C9H19NO2. The third-order valence-corrected chi connectivity index (χ3v) is 2.53. The maximum atomic E-state index is 10.9. The number of carboxylic acid groups (broad SMARTS) is 1. The SMILES string of the molecule is CCCCC(CC)(CN)C(=O)O. The molecule has 3 nitrogen and oxygen atoms in total. The van der Waals surface area contributed by atoms with Crippen molar-refractivity contribution in [3.8, 4) is 0 Å². The normalized spacial score (nSPS) is 15.6. The van der Waals surface area contributed by atoms with E-state index in [4.69, 9.17) is 10.8 Å². The summed E-state index contributed by atoms with van der Waals surface area (Å²) in [5.74, 6) is -0.749. The number of unbranched alkanes of at least 4 members (excludes halogenated alkanes) is 1. The zero-order valence-electron chi connectivity index (χ0n) is 7.97. The lowest BCUT2D eigenvalue weighted by Crippen LogP contribution is -2.38. The number of nitrogens with two attached hydrogens (primary N) is 1. The van der Waals surface area contributed by atoms with Gasteiger partial charge in [0.1, 0.15) is 0 Å². The van der Waals surface area contributed by atoms with Gasteiger partial charge >= 0.3 is 5.97 Å². The number of rotatable bonds is 6. The van der Waals surface area contributed by atoms with Crippen LogP contribution in [-0.4, -0.2) is 17.6 Å². The molecule has 0 amide bonds. The summed E-state index contributed by atoms with van der Waals surface area (Å²) in [7, 11) is 0. The Bertz CT molecular complexity index is 141. The second-order valence-electron chi connectivity index (χ2n) is 3.25. The van der Waals surface area contributed by atoms with Gasteiger partial charge in [-0.05, 0) is 12.8 Å². The lowest BCUT2D eigenvalue weighted by Gasteiger charge is -2.25. The van der Waals surface area contributed by atoms with Crippen molar-refractivity contribution in [1.29, 1.82) is 0 Å². The smallest absolute Gasteiger partial charge is 0.310 e. The summed E-state index contributed by atoms with van der Waals surface area (Å²) in [5, 5.41) is 8.97. The van der Waals surface area contributed by atoms with Gasteiger partial charge in [-0.2, -0.15) is 0 Å². The van der Waals surface area contributed by atoms with Crippen LogP contribution >= 0.6 is 0 Å². The van der Waals surface area contributed by atoms with Gasteiger partial charge < -0.3 is 10.8 Å². The zero-order chi connectivity index (χ0) is 9.61. The highest BCUT2D eigenvalue weighted by molar-refractivity contribution is 5.74. The van der Waals surface area contributed by atoms with Crippen molar-refractivity contribution in [2.24, 2.45) is 11.1 Å². The van der Waals surface area contributed by atoms with Crippen LogP contribution in [0, 0.1) is 5.41 Å². The molecule has 0 saturated heterocycles. The van der Waals surface area contributed by atoms with E-state index < -0.39 is 11.4 Å². The van der Waals surface area contributed by atoms with E-state index in [0.717, 1.165) is 12.8 Å². The van der Waals surface area contributed by atoms with Gasteiger partial charge in [0.2, 0.25) is 0 Å². The first-order chi connectivity index (χ1) is 5.63. The molecule has 72 valence electrons. The van der Waals surface area contributed by atoms with Crippen LogP contribution in [0.25, 0.3) is 0 Å². The van der Waals surface area contributed by atoms with Crippen LogP contribution < -0.4 is 5.73 Å². The van der Waals surface area contributed by atoms with Crippen molar-refractivity contribution in [3.05, 3.63) is 0 Å². The summed E-state index contributed by atoms with van der Waals surface area (Å²) in [6.07, 6.45) is 3.29. The van der Waals surface area contributed by atoms with E-state index in [2.05, 4.69) is 6.92 Å². The minimum absolute atomic E-state index is 0.249. The Hall–Kier alpha value is -0.570. The maximum Gasteiger partial charge on any atom is 0.310 e. The first-order valence-corrected chi connectivity index (χ1v) is 4.56. The van der Waals surface area contributed by atoms with Crippen molar-refractivity contribution in [3.63, 3.8) is 0 Å². The van der Waals surface area contributed by atoms with Gasteiger partial charge in [-0.15, -0.1) is 0 Å². The Morgan fingerprint density at radius 3 is 2.33 bits per heavy atom. The zero-order valence-corrected chi connectivity index (χ0v) is 7.97. The summed E-state index contributed by atoms with van der Waals surface area (Å²) >= 11 is 0. The first-order valence-electron chi connectivity index (χ1n) is 4.56. The van der Waals surface area contributed by atoms with E-state index in [1.165, 1.54) is 0 Å². The summed E-state index contributed by atoms with van der Waals surface area (Å²) in [6.45, 7) is 4.19. The van der Waals surface area contributed by atoms with Crippen molar-refractivity contribution < 1.29 is 9.90 Å². The Kier molecular flexibility index (Phi) is 4.90. The monoisotopic (exact) mass is 173 g/mol. The molecular weight excluding hydrogens is 154 g/mol. The Morgan fingerprint density at radius 1 is 1.50 bits per heavy atom. The predicted octanol–water partition coefficient (Wildman–Crippen LogP) is 1.62. The highest BCUT2D eigenvalue weighted by Gasteiger charge is 2.34. The van der Waals surface area contributed by atoms with Crippen molar-refractivity contribution in [2.75, 3.05) is 6.54 Å². The van der Waals surface area contributed by atoms with Crippen molar-refractivity contribution >= 4 is 5.97 Å². The average Bonchev–Trinajstić information content (AvgIpc) is 2.07. The highest BCUT2D eigenvalue weighted by Crippen LogP contribution is 2.27. The minimum Gasteiger partial charge on any atom is -0.481 e. The van der Waals surface area contributed by atoms with E-state index in [-0.39, 0.29) is 6.54 Å². The summed E-state index contributed by atoms with van der Waals surface area (Å²) in [5.41, 5.74) is 4.81. The molecule has 0 radical (unpaired) electrons. The number of hydrogen-bond donors (Lipinski definition) is 2. The van der Waals surface area contributed by atoms with E-state index in [1.54, 1.807) is 0 Å². The van der Waals surface area contributed by atoms with Gasteiger partial charge in [0.15, 0.2) is 0 Å². The van der Waals surface area contributed by atoms with Gasteiger partial charge in [0.25, 0.3) is 0 Å². The van der Waals surface area contributed by atoms with Crippen LogP contribution in [0.2, 0.25) is 0 Å². The molecule has 0 aromatic rings. The average molecular weight is 173 g/mol. The quantitative estimate of drug-likeness (QED) is 0.641. The third kappa shape index (κ3) is 2.48. The fourth-order valence-corrected chi connectivity index (χ4v) is 1.28. The van der Waals surface area contributed by atoms with Crippen LogP contribution in [-0.2, 0) is 4.79 Å². The Morgan fingerprint density at radius 2 is 2.08 bits per heavy atom. The van der Waals surface area contributed by atoms with Crippen molar-refractivity contribution in [1.82, 2.24) is 0 Å². The molecule has 0 aromatic heterocycles. The largest absolute Gasteiger partial charge is 0.481 e. The number of carbonyl (C=O) groups is 1. The molecule has 1 atom stereocenters. The molecule has 0 bridgehead atoms. The molecule has 0 aliphatic carbocycles. The van der Waals surface area contributed by atoms with E-state index >= 15 is 0 Å². The van der Waals surface area contributed by atoms with Crippen molar-refractivity contribution in [2.45, 2.75) is 39.5 Å². The van der Waals surface area contributed by atoms with E-state index in [9.17, 15) is 4.79 Å². The molecule has 3 heteroatoms. The molecule has 1 unspecified atom stereocenters. The van der Waals surface area contributed by atoms with Crippen LogP contribution in [0.1, 0.15) is 39.5 Å². The van der Waals surface area contributed by atoms with Crippen LogP contribution in [0.5, 0.6) is 0 Å². The molecule has 0 rings (SSSR count). The summed E-state index contributed by atoms with van der Waals surface area (Å²) in [4.78, 5) is 10.9. The minimum atomic E-state index is -0.749. The van der Waals surface area contributed by atoms with E-state index in [1.807, 2.05) is 6.92 Å². The summed E-state index contributed by atoms with van der Waals surface area (Å²) in [6, 6.07) is 0. The number of carboxylic acids is 1. The first kappa shape index (κ1) is 11.4. The fourth-order valence-electron chi connectivity index (χ4n) is 1.28. The van der Waals surface area contributed by atoms with E-state index in [0.29, 0.717) is 12.8 Å². The fraction of sp³-hybridized carbons (Fsp3) is 0.889. The molecule has 0 aliphatic heterocycles. The second kappa shape index (κ2) is 5.14. The predicted molar refractivity (Wildman–Crippen MR) is 48.9 cm³/mol. The molecule has 3 N–H and O–H groups in total. The van der Waals surface area contributed by atoms with Crippen LogP contribution in [0.15, 0.2) is 0 Å². The molecule has 0 aromatic carbocycles. The maximum absolute atomic E-state index is 10.9. The Balaban J connectivity index is 4.25. The molecule has 0 spiro atoms. The van der Waals surface area contributed by atoms with Gasteiger partial charge in [-0.3, -0.25) is 4.79 Å². The Labute approximate surface area is 74.0 Å². The summed E-state index contributed by atoms with van der Waals surface area (Å²) < 4.78 is 0. The van der Waals surface area contributed by atoms with Crippen LogP contribution in [0.4, 0.5) is 0 Å².